The molecule has 0 saturated carbocycles. The third-order valence-electron chi connectivity index (χ3n) is 5.38. The Kier molecular flexibility index (Phi) is 3.26. The number of carbonyl (C=O) groups is 2. The molecule has 2 aromatic rings. The molecule has 1 aromatic carbocycles. The van der Waals surface area contributed by atoms with Crippen molar-refractivity contribution in [2.45, 2.75) is 17.5 Å². The van der Waals surface area contributed by atoms with Crippen LogP contribution in [0, 0.1) is 5.92 Å². The van der Waals surface area contributed by atoms with Gasteiger partial charge in [0.1, 0.15) is 5.54 Å². The molecule has 5 nitrogen and oxygen atoms in total. The lowest BCUT2D eigenvalue weighted by Gasteiger charge is -2.31. The summed E-state index contributed by atoms with van der Waals surface area (Å²) in [6, 6.07) is 9.00. The van der Waals surface area contributed by atoms with Crippen LogP contribution in [0.25, 0.3) is 0 Å². The van der Waals surface area contributed by atoms with Gasteiger partial charge in [0.2, 0.25) is 11.8 Å². The molecule has 2 saturated heterocycles. The van der Waals surface area contributed by atoms with Crippen LogP contribution >= 0.6 is 34.5 Å². The van der Waals surface area contributed by atoms with Crippen LogP contribution in [0.15, 0.2) is 30.3 Å². The molecular formula is C17H13Cl2N3O2S. The summed E-state index contributed by atoms with van der Waals surface area (Å²) in [5.74, 6) is -0.817. The van der Waals surface area contributed by atoms with Crippen molar-refractivity contribution >= 4 is 52.0 Å². The molecule has 0 unspecified atom stereocenters. The zero-order valence-corrected chi connectivity index (χ0v) is 15.1. The number of halogens is 2. The van der Waals surface area contributed by atoms with Crippen molar-refractivity contribution in [2.24, 2.45) is 5.92 Å². The topological polar surface area (TPSA) is 70.2 Å². The van der Waals surface area contributed by atoms with E-state index in [9.17, 15) is 9.59 Å². The lowest BCUT2D eigenvalue weighted by atomic mass is 9.75. The Morgan fingerprint density at radius 3 is 2.76 bits per heavy atom. The van der Waals surface area contributed by atoms with Crippen molar-refractivity contribution in [3.63, 3.8) is 0 Å². The molecule has 2 fully saturated rings. The highest BCUT2D eigenvalue weighted by atomic mass is 35.5. The van der Waals surface area contributed by atoms with Gasteiger partial charge in [-0.3, -0.25) is 14.9 Å². The number of amides is 2. The Labute approximate surface area is 157 Å². The molecule has 4 heterocycles. The predicted octanol–water partition coefficient (Wildman–Crippen LogP) is 2.70. The average Bonchev–Trinajstić information content (AvgIpc) is 3.28. The maximum atomic E-state index is 13.1. The maximum absolute atomic E-state index is 13.1. The fraction of sp³-hybridized carbons (Fsp3) is 0.294. The number of anilines is 1. The molecule has 3 aliphatic rings. The molecule has 0 aliphatic carbocycles. The van der Waals surface area contributed by atoms with E-state index in [2.05, 4.69) is 16.0 Å². The summed E-state index contributed by atoms with van der Waals surface area (Å²) in [4.78, 5) is 26.6. The Morgan fingerprint density at radius 1 is 1.16 bits per heavy atom. The summed E-state index contributed by atoms with van der Waals surface area (Å²) < 4.78 is 0.640. The van der Waals surface area contributed by atoms with E-state index in [4.69, 9.17) is 23.2 Å². The van der Waals surface area contributed by atoms with E-state index in [1.54, 1.807) is 12.1 Å². The number of carbonyl (C=O) groups excluding carboxylic acids is 2. The van der Waals surface area contributed by atoms with E-state index >= 15 is 0 Å². The SMILES string of the molecule is O=C1NC[C@H]2N[C@@]3(C(=O)Nc4cc(Cl)ccc43)[C@H](c3ccc(Cl)s3)[C@@H]12. The summed E-state index contributed by atoms with van der Waals surface area (Å²) >= 11 is 13.7. The van der Waals surface area contributed by atoms with Gasteiger partial charge in [0, 0.05) is 39.7 Å². The monoisotopic (exact) mass is 393 g/mol. The Morgan fingerprint density at radius 2 is 2.00 bits per heavy atom. The van der Waals surface area contributed by atoms with E-state index in [0.717, 1.165) is 10.4 Å². The normalized spacial score (nSPS) is 32.6. The van der Waals surface area contributed by atoms with Gasteiger partial charge in [-0.1, -0.05) is 29.3 Å². The van der Waals surface area contributed by atoms with E-state index in [1.807, 2.05) is 18.2 Å². The van der Waals surface area contributed by atoms with Gasteiger partial charge in [0.05, 0.1) is 10.3 Å². The van der Waals surface area contributed by atoms with Gasteiger partial charge < -0.3 is 10.6 Å². The van der Waals surface area contributed by atoms with Crippen LogP contribution in [-0.2, 0) is 15.1 Å². The molecule has 5 rings (SSSR count). The highest BCUT2D eigenvalue weighted by Crippen LogP contribution is 2.56. The summed E-state index contributed by atoms with van der Waals surface area (Å²) in [5, 5.41) is 9.86. The Hall–Kier alpha value is -1.60. The molecule has 128 valence electrons. The molecule has 0 radical (unpaired) electrons. The van der Waals surface area contributed by atoms with Crippen molar-refractivity contribution in [3.05, 3.63) is 50.1 Å². The first kappa shape index (κ1) is 15.6. The minimum absolute atomic E-state index is 0.0286. The average molecular weight is 394 g/mol. The summed E-state index contributed by atoms with van der Waals surface area (Å²) in [5.41, 5.74) is 0.540. The van der Waals surface area contributed by atoms with Crippen LogP contribution in [0.5, 0.6) is 0 Å². The predicted molar refractivity (Wildman–Crippen MR) is 97.3 cm³/mol. The number of hydrogen-bond acceptors (Lipinski definition) is 4. The van der Waals surface area contributed by atoms with Gasteiger partial charge in [0.15, 0.2) is 0 Å². The standard InChI is InChI=1S/C17H13Cl2N3O2S/c18-7-1-2-8-9(5-7)21-16(24)17(8)14(11-3-4-12(19)25-11)13-10(22-17)6-20-15(13)23/h1-5,10,13-14,22H,6H2,(H,20,23)(H,21,24)/t10-,13+,14-,17-/m1/s1. The van der Waals surface area contributed by atoms with Crippen LogP contribution in [0.4, 0.5) is 5.69 Å². The number of fused-ring (bicyclic) bond motifs is 3. The third kappa shape index (κ3) is 1.99. The molecule has 2 amide bonds. The second-order valence-electron chi connectivity index (χ2n) is 6.59. The largest absolute Gasteiger partial charge is 0.354 e. The van der Waals surface area contributed by atoms with Crippen molar-refractivity contribution in [1.29, 1.82) is 0 Å². The second kappa shape index (κ2) is 5.20. The van der Waals surface area contributed by atoms with Gasteiger partial charge in [-0.15, -0.1) is 11.3 Å². The first-order chi connectivity index (χ1) is 12.0. The van der Waals surface area contributed by atoms with Crippen molar-refractivity contribution < 1.29 is 9.59 Å². The van der Waals surface area contributed by atoms with Gasteiger partial charge in [-0.05, 0) is 24.3 Å². The fourth-order valence-corrected chi connectivity index (χ4v) is 5.91. The first-order valence-corrected chi connectivity index (χ1v) is 9.50. The number of nitrogens with one attached hydrogen (secondary N) is 3. The van der Waals surface area contributed by atoms with Crippen LogP contribution in [0.1, 0.15) is 16.4 Å². The highest BCUT2D eigenvalue weighted by Gasteiger charge is 2.65. The second-order valence-corrected chi connectivity index (χ2v) is 8.78. The molecule has 1 aromatic heterocycles. The molecule has 0 bridgehead atoms. The number of hydrogen-bond donors (Lipinski definition) is 3. The molecule has 25 heavy (non-hydrogen) atoms. The van der Waals surface area contributed by atoms with E-state index in [-0.39, 0.29) is 29.7 Å². The van der Waals surface area contributed by atoms with E-state index in [1.165, 1.54) is 11.3 Å². The van der Waals surface area contributed by atoms with Crippen LogP contribution in [-0.4, -0.2) is 24.4 Å². The molecular weight excluding hydrogens is 381 g/mol. The molecule has 3 aliphatic heterocycles. The van der Waals surface area contributed by atoms with Crippen molar-refractivity contribution in [3.8, 4) is 0 Å². The number of benzene rings is 1. The number of thiophene rings is 1. The zero-order valence-electron chi connectivity index (χ0n) is 12.8. The summed E-state index contributed by atoms with van der Waals surface area (Å²) in [7, 11) is 0. The van der Waals surface area contributed by atoms with Gasteiger partial charge in [-0.25, -0.2) is 0 Å². The molecule has 3 N–H and O–H groups in total. The van der Waals surface area contributed by atoms with E-state index in [0.29, 0.717) is 21.6 Å². The molecule has 1 spiro atoms. The lowest BCUT2D eigenvalue weighted by Crippen LogP contribution is -2.50. The third-order valence-corrected chi connectivity index (χ3v) is 6.93. The first-order valence-electron chi connectivity index (χ1n) is 7.93. The fourth-order valence-electron chi connectivity index (χ4n) is 4.46. The Balaban J connectivity index is 1.75. The van der Waals surface area contributed by atoms with Gasteiger partial charge in [-0.2, -0.15) is 0 Å². The maximum Gasteiger partial charge on any atom is 0.250 e. The van der Waals surface area contributed by atoms with Crippen LogP contribution in [0.3, 0.4) is 0 Å². The molecule has 4 atom stereocenters. The van der Waals surface area contributed by atoms with Crippen LogP contribution < -0.4 is 16.0 Å². The zero-order chi connectivity index (χ0) is 17.3. The van der Waals surface area contributed by atoms with Crippen LogP contribution in [0.2, 0.25) is 9.36 Å². The van der Waals surface area contributed by atoms with E-state index < -0.39 is 5.54 Å². The highest BCUT2D eigenvalue weighted by molar-refractivity contribution is 7.16. The quantitative estimate of drug-likeness (QED) is 0.697. The minimum atomic E-state index is -0.985. The van der Waals surface area contributed by atoms with Crippen molar-refractivity contribution in [1.82, 2.24) is 10.6 Å². The summed E-state index contributed by atoms with van der Waals surface area (Å²) in [6.45, 7) is 0.511. The summed E-state index contributed by atoms with van der Waals surface area (Å²) in [6.07, 6.45) is 0. The minimum Gasteiger partial charge on any atom is -0.354 e. The molecule has 8 heteroatoms. The van der Waals surface area contributed by atoms with Gasteiger partial charge in [0.25, 0.3) is 0 Å². The van der Waals surface area contributed by atoms with Gasteiger partial charge >= 0.3 is 0 Å². The smallest absolute Gasteiger partial charge is 0.250 e. The Bertz CT molecular complexity index is 930. The number of rotatable bonds is 1. The lowest BCUT2D eigenvalue weighted by molar-refractivity contribution is -0.124. The van der Waals surface area contributed by atoms with Crippen molar-refractivity contribution in [2.75, 3.05) is 11.9 Å².